The van der Waals surface area contributed by atoms with E-state index in [1.54, 1.807) is 7.11 Å². The van der Waals surface area contributed by atoms with Gasteiger partial charge in [0.1, 0.15) is 17.9 Å². The molecule has 3 rings (SSSR count). The highest BCUT2D eigenvalue weighted by molar-refractivity contribution is 5.91. The molecule has 0 aliphatic carbocycles. The number of aliphatic hydroxyl groups excluding tert-OH is 1. The number of carbonyl (C=O) groups excluding carboxylic acids is 1. The van der Waals surface area contributed by atoms with Gasteiger partial charge >= 0.3 is 0 Å². The molecule has 1 aromatic carbocycles. The summed E-state index contributed by atoms with van der Waals surface area (Å²) < 4.78 is 12.0. The van der Waals surface area contributed by atoms with Gasteiger partial charge in [-0.05, 0) is 12.5 Å². The van der Waals surface area contributed by atoms with Gasteiger partial charge in [-0.2, -0.15) is 0 Å². The van der Waals surface area contributed by atoms with Gasteiger partial charge in [-0.25, -0.2) is 4.68 Å². The number of aryl methyl sites for hydroxylation is 1. The minimum Gasteiger partial charge on any atom is -0.496 e. The molecule has 1 fully saturated rings. The maximum absolute atomic E-state index is 12.3. The van der Waals surface area contributed by atoms with Crippen LogP contribution in [-0.4, -0.2) is 52.4 Å². The molecule has 128 valence electrons. The molecular weight excluding hydrogens is 312 g/mol. The number of methoxy groups -OCH3 is 1. The molecule has 0 saturated carbocycles. The third-order valence-electron chi connectivity index (χ3n) is 4.04. The lowest BCUT2D eigenvalue weighted by Gasteiger charge is -2.12. The zero-order chi connectivity index (χ0) is 17.1. The lowest BCUT2D eigenvalue weighted by Crippen LogP contribution is -2.24. The predicted octanol–water partition coefficient (Wildman–Crippen LogP) is 0.457. The third-order valence-corrected chi connectivity index (χ3v) is 4.04. The van der Waals surface area contributed by atoms with Gasteiger partial charge < -0.3 is 19.9 Å². The van der Waals surface area contributed by atoms with Gasteiger partial charge in [-0.15, -0.1) is 5.10 Å². The summed E-state index contributed by atoms with van der Waals surface area (Å²) in [5.41, 5.74) is 2.09. The molecule has 2 N–H and O–H groups in total. The normalized spacial score (nSPS) is 20.1. The van der Waals surface area contributed by atoms with E-state index in [1.165, 1.54) is 10.9 Å². The number of nitrogens with zero attached hydrogens (tertiary/aromatic N) is 3. The smallest absolute Gasteiger partial charge is 0.273 e. The van der Waals surface area contributed by atoms with E-state index in [1.807, 2.05) is 25.1 Å². The number of para-hydroxylation sites is 1. The Kier molecular flexibility index (Phi) is 4.77. The topological polar surface area (TPSA) is 98.5 Å². The first-order valence-corrected chi connectivity index (χ1v) is 7.68. The molecule has 8 heteroatoms. The first-order valence-electron chi connectivity index (χ1n) is 7.68. The van der Waals surface area contributed by atoms with Crippen LogP contribution < -0.4 is 10.1 Å². The van der Waals surface area contributed by atoms with Crippen molar-refractivity contribution >= 4 is 5.91 Å². The average molecular weight is 332 g/mol. The zero-order valence-corrected chi connectivity index (χ0v) is 13.6. The number of rotatable bonds is 5. The van der Waals surface area contributed by atoms with Crippen molar-refractivity contribution in [3.63, 3.8) is 0 Å². The summed E-state index contributed by atoms with van der Waals surface area (Å²) in [6, 6.07) is 5.45. The minimum atomic E-state index is -0.640. The second kappa shape index (κ2) is 6.98. The molecule has 1 aromatic heterocycles. The Labute approximate surface area is 139 Å². The van der Waals surface area contributed by atoms with E-state index in [4.69, 9.17) is 9.47 Å². The molecule has 8 nitrogen and oxygen atoms in total. The maximum atomic E-state index is 12.3. The Balaban J connectivity index is 1.66. The van der Waals surface area contributed by atoms with E-state index in [-0.39, 0.29) is 24.2 Å². The van der Waals surface area contributed by atoms with Gasteiger partial charge in [0.05, 0.1) is 26.5 Å². The lowest BCUT2D eigenvalue weighted by molar-refractivity contribution is 0.0945. The largest absolute Gasteiger partial charge is 0.496 e. The Morgan fingerprint density at radius 3 is 3.04 bits per heavy atom. The molecule has 2 atom stereocenters. The number of hydrogen-bond acceptors (Lipinski definition) is 6. The quantitative estimate of drug-likeness (QED) is 0.825. The van der Waals surface area contributed by atoms with E-state index in [9.17, 15) is 9.90 Å². The van der Waals surface area contributed by atoms with Crippen LogP contribution in [0, 0.1) is 6.92 Å². The number of hydrogen-bond donors (Lipinski definition) is 2. The molecule has 0 radical (unpaired) electrons. The van der Waals surface area contributed by atoms with Gasteiger partial charge in [0.2, 0.25) is 0 Å². The summed E-state index contributed by atoms with van der Waals surface area (Å²) in [6.45, 7) is 2.89. The molecule has 0 bridgehead atoms. The molecule has 1 aliphatic heterocycles. The van der Waals surface area contributed by atoms with Crippen LogP contribution in [0.15, 0.2) is 24.4 Å². The Hall–Kier alpha value is -2.45. The summed E-state index contributed by atoms with van der Waals surface area (Å²) >= 11 is 0. The molecule has 1 aliphatic rings. The van der Waals surface area contributed by atoms with Gasteiger partial charge in [0.15, 0.2) is 5.69 Å². The van der Waals surface area contributed by atoms with Crippen LogP contribution in [0.25, 0.3) is 0 Å². The van der Waals surface area contributed by atoms with Crippen LogP contribution in [0.2, 0.25) is 0 Å². The number of carbonyl (C=O) groups is 1. The molecule has 2 aromatic rings. The SMILES string of the molecule is COc1c(C)cccc1CNC(=O)c1cn([C@@H]2COC[C@H]2O)nn1. The van der Waals surface area contributed by atoms with Crippen molar-refractivity contribution in [2.45, 2.75) is 25.6 Å². The van der Waals surface area contributed by atoms with Gasteiger partial charge in [-0.1, -0.05) is 23.4 Å². The summed E-state index contributed by atoms with van der Waals surface area (Å²) in [7, 11) is 1.61. The summed E-state index contributed by atoms with van der Waals surface area (Å²) in [5, 5.41) is 20.4. The van der Waals surface area contributed by atoms with Gasteiger partial charge in [-0.3, -0.25) is 4.79 Å². The fraction of sp³-hybridized carbons (Fsp3) is 0.438. The third kappa shape index (κ3) is 3.24. The van der Waals surface area contributed by atoms with Crippen molar-refractivity contribution in [1.29, 1.82) is 0 Å². The number of aromatic nitrogens is 3. The summed E-state index contributed by atoms with van der Waals surface area (Å²) in [4.78, 5) is 12.3. The number of amides is 1. The van der Waals surface area contributed by atoms with Crippen molar-refractivity contribution < 1.29 is 19.4 Å². The molecular formula is C16H20N4O4. The second-order valence-electron chi connectivity index (χ2n) is 5.71. The van der Waals surface area contributed by atoms with Gasteiger partial charge in [0.25, 0.3) is 5.91 Å². The summed E-state index contributed by atoms with van der Waals surface area (Å²) in [5.74, 6) is 0.422. The monoisotopic (exact) mass is 332 g/mol. The first-order chi connectivity index (χ1) is 11.6. The first kappa shape index (κ1) is 16.4. The van der Waals surface area contributed by atoms with Crippen LogP contribution in [0.3, 0.4) is 0 Å². The van der Waals surface area contributed by atoms with E-state index >= 15 is 0 Å². The van der Waals surface area contributed by atoms with Crippen LogP contribution in [0.4, 0.5) is 0 Å². The van der Waals surface area contributed by atoms with E-state index in [0.717, 1.165) is 16.9 Å². The highest BCUT2D eigenvalue weighted by Gasteiger charge is 2.29. The van der Waals surface area contributed by atoms with Crippen LogP contribution in [0.5, 0.6) is 5.75 Å². The fourth-order valence-corrected chi connectivity index (χ4v) is 2.74. The van der Waals surface area contributed by atoms with E-state index in [0.29, 0.717) is 13.2 Å². The molecule has 24 heavy (non-hydrogen) atoms. The fourth-order valence-electron chi connectivity index (χ4n) is 2.74. The molecule has 1 saturated heterocycles. The Morgan fingerprint density at radius 2 is 2.33 bits per heavy atom. The van der Waals surface area contributed by atoms with Crippen LogP contribution >= 0.6 is 0 Å². The molecule has 0 spiro atoms. The van der Waals surface area contributed by atoms with Crippen molar-refractivity contribution in [2.75, 3.05) is 20.3 Å². The second-order valence-corrected chi connectivity index (χ2v) is 5.71. The van der Waals surface area contributed by atoms with Crippen LogP contribution in [0.1, 0.15) is 27.7 Å². The van der Waals surface area contributed by atoms with Crippen molar-refractivity contribution in [3.8, 4) is 5.75 Å². The van der Waals surface area contributed by atoms with E-state index < -0.39 is 6.10 Å². The molecule has 2 heterocycles. The molecule has 0 unspecified atom stereocenters. The number of ether oxygens (including phenoxy) is 2. The number of nitrogens with one attached hydrogen (secondary N) is 1. The summed E-state index contributed by atoms with van der Waals surface area (Å²) in [6.07, 6.45) is 0.880. The lowest BCUT2D eigenvalue weighted by atomic mass is 10.1. The maximum Gasteiger partial charge on any atom is 0.273 e. The average Bonchev–Trinajstić information content (AvgIpc) is 3.21. The zero-order valence-electron chi connectivity index (χ0n) is 13.6. The van der Waals surface area contributed by atoms with Crippen molar-refractivity contribution in [2.24, 2.45) is 0 Å². The Morgan fingerprint density at radius 1 is 1.50 bits per heavy atom. The van der Waals surface area contributed by atoms with Crippen molar-refractivity contribution in [3.05, 3.63) is 41.2 Å². The Bertz CT molecular complexity index is 731. The number of aliphatic hydroxyl groups is 1. The minimum absolute atomic E-state index is 0.195. The van der Waals surface area contributed by atoms with Crippen molar-refractivity contribution in [1.82, 2.24) is 20.3 Å². The van der Waals surface area contributed by atoms with Crippen LogP contribution in [-0.2, 0) is 11.3 Å². The highest BCUT2D eigenvalue weighted by Crippen LogP contribution is 2.23. The highest BCUT2D eigenvalue weighted by atomic mass is 16.5. The number of benzene rings is 1. The molecule has 1 amide bonds. The standard InChI is InChI=1S/C16H20N4O4/c1-10-4-3-5-11(15(10)23-2)6-17-16(22)12-7-20(19-18-12)13-8-24-9-14(13)21/h3-5,7,13-14,21H,6,8-9H2,1-2H3,(H,17,22)/t13-,14-/m1/s1. The van der Waals surface area contributed by atoms with E-state index in [2.05, 4.69) is 15.6 Å². The predicted molar refractivity (Wildman–Crippen MR) is 84.8 cm³/mol. The van der Waals surface area contributed by atoms with Gasteiger partial charge in [0, 0.05) is 12.1 Å².